The third-order valence-corrected chi connectivity index (χ3v) is 3.54. The number of aryl methyl sites for hydroxylation is 1. The van der Waals surface area contributed by atoms with Crippen LogP contribution in [-0.2, 0) is 0 Å². The Morgan fingerprint density at radius 1 is 0.960 bits per heavy atom. The van der Waals surface area contributed by atoms with Crippen LogP contribution < -0.4 is 20.9 Å². The van der Waals surface area contributed by atoms with Gasteiger partial charge in [0.15, 0.2) is 5.11 Å². The molecule has 2 aromatic carbocycles. The molecular formula is C18H19N3O3S. The Kier molecular flexibility index (Phi) is 6.47. The van der Waals surface area contributed by atoms with Crippen LogP contribution in [0.15, 0.2) is 48.5 Å². The number of carbonyl (C=O) groups is 2. The van der Waals surface area contributed by atoms with Gasteiger partial charge in [-0.1, -0.05) is 30.3 Å². The van der Waals surface area contributed by atoms with Crippen molar-refractivity contribution < 1.29 is 14.3 Å². The number of para-hydroxylation sites is 1. The normalized spacial score (nSPS) is 9.84. The van der Waals surface area contributed by atoms with Gasteiger partial charge in [-0.05, 0) is 49.8 Å². The largest absolute Gasteiger partial charge is 0.493 e. The summed E-state index contributed by atoms with van der Waals surface area (Å²) in [5.41, 5.74) is 6.69. The topological polar surface area (TPSA) is 79.5 Å². The van der Waals surface area contributed by atoms with E-state index in [1.807, 2.05) is 26.0 Å². The van der Waals surface area contributed by atoms with Crippen molar-refractivity contribution in [1.29, 1.82) is 0 Å². The van der Waals surface area contributed by atoms with Gasteiger partial charge >= 0.3 is 0 Å². The maximum Gasteiger partial charge on any atom is 0.269 e. The average molecular weight is 357 g/mol. The lowest BCUT2D eigenvalue weighted by molar-refractivity contribution is 0.0933. The molecule has 0 radical (unpaired) electrons. The standard InChI is InChI=1S/C18H19N3O3S/c1-3-24-15-11-7-6-10-14(15)16(22)19-18(25)21-20-17(23)13-9-5-4-8-12(13)2/h4-11H,3H2,1-2H3,(H,20,23)(H2,19,21,22,25). The Labute approximate surface area is 151 Å². The summed E-state index contributed by atoms with van der Waals surface area (Å²) in [4.78, 5) is 24.4. The Bertz CT molecular complexity index is 793. The first-order chi connectivity index (χ1) is 12.0. The predicted octanol–water partition coefficient (Wildman–Crippen LogP) is 2.34. The van der Waals surface area contributed by atoms with Gasteiger partial charge in [-0.25, -0.2) is 0 Å². The van der Waals surface area contributed by atoms with Crippen molar-refractivity contribution in [2.45, 2.75) is 13.8 Å². The maximum absolute atomic E-state index is 12.3. The van der Waals surface area contributed by atoms with Crippen LogP contribution in [0.25, 0.3) is 0 Å². The molecule has 2 rings (SSSR count). The molecule has 0 aromatic heterocycles. The summed E-state index contributed by atoms with van der Waals surface area (Å²) in [7, 11) is 0. The first-order valence-electron chi connectivity index (χ1n) is 7.72. The van der Waals surface area contributed by atoms with E-state index >= 15 is 0 Å². The highest BCUT2D eigenvalue weighted by Crippen LogP contribution is 2.17. The minimum absolute atomic E-state index is 0.0155. The molecule has 0 heterocycles. The van der Waals surface area contributed by atoms with Crippen molar-refractivity contribution in [3.8, 4) is 5.75 Å². The molecular weight excluding hydrogens is 338 g/mol. The van der Waals surface area contributed by atoms with E-state index in [0.717, 1.165) is 5.56 Å². The van der Waals surface area contributed by atoms with Crippen molar-refractivity contribution in [3.05, 3.63) is 65.2 Å². The van der Waals surface area contributed by atoms with Crippen LogP contribution in [0, 0.1) is 6.92 Å². The van der Waals surface area contributed by atoms with Crippen LogP contribution in [0.3, 0.4) is 0 Å². The molecule has 0 unspecified atom stereocenters. The van der Waals surface area contributed by atoms with Crippen LogP contribution in [0.2, 0.25) is 0 Å². The van der Waals surface area contributed by atoms with E-state index in [1.54, 1.807) is 36.4 Å². The van der Waals surface area contributed by atoms with Crippen molar-refractivity contribution in [2.75, 3.05) is 6.61 Å². The summed E-state index contributed by atoms with van der Waals surface area (Å²) in [6, 6.07) is 14.0. The van der Waals surface area contributed by atoms with E-state index in [0.29, 0.717) is 23.5 Å². The minimum Gasteiger partial charge on any atom is -0.493 e. The van der Waals surface area contributed by atoms with Gasteiger partial charge in [0.25, 0.3) is 11.8 Å². The molecule has 2 amide bonds. The molecule has 0 atom stereocenters. The number of thiocarbonyl (C=S) groups is 1. The number of ether oxygens (including phenoxy) is 1. The Morgan fingerprint density at radius 2 is 1.60 bits per heavy atom. The lowest BCUT2D eigenvalue weighted by Gasteiger charge is -2.13. The Morgan fingerprint density at radius 3 is 2.28 bits per heavy atom. The fourth-order valence-corrected chi connectivity index (χ4v) is 2.29. The molecule has 0 aliphatic heterocycles. The first kappa shape index (κ1) is 18.4. The Balaban J connectivity index is 1.93. The molecule has 130 valence electrons. The lowest BCUT2D eigenvalue weighted by Crippen LogP contribution is -2.48. The predicted molar refractivity (Wildman–Crippen MR) is 99.5 cm³/mol. The Hall–Kier alpha value is -2.93. The SMILES string of the molecule is CCOc1ccccc1C(=O)NC(=S)NNC(=O)c1ccccc1C. The zero-order valence-corrected chi connectivity index (χ0v) is 14.8. The fourth-order valence-electron chi connectivity index (χ4n) is 2.15. The molecule has 0 aliphatic rings. The molecule has 0 fully saturated rings. The zero-order chi connectivity index (χ0) is 18.2. The van der Waals surface area contributed by atoms with Crippen molar-refractivity contribution in [1.82, 2.24) is 16.2 Å². The summed E-state index contributed by atoms with van der Waals surface area (Å²) in [6.45, 7) is 4.11. The number of hydrogen-bond acceptors (Lipinski definition) is 4. The lowest BCUT2D eigenvalue weighted by atomic mass is 10.1. The molecule has 7 heteroatoms. The molecule has 6 nitrogen and oxygen atoms in total. The fraction of sp³-hybridized carbons (Fsp3) is 0.167. The van der Waals surface area contributed by atoms with Gasteiger partial charge in [0.05, 0.1) is 12.2 Å². The van der Waals surface area contributed by atoms with E-state index in [2.05, 4.69) is 16.2 Å². The van der Waals surface area contributed by atoms with E-state index < -0.39 is 5.91 Å². The highest BCUT2D eigenvalue weighted by molar-refractivity contribution is 7.80. The smallest absolute Gasteiger partial charge is 0.269 e. The highest BCUT2D eigenvalue weighted by Gasteiger charge is 2.14. The third kappa shape index (κ3) is 5.02. The molecule has 0 aliphatic carbocycles. The average Bonchev–Trinajstić information content (AvgIpc) is 2.61. The van der Waals surface area contributed by atoms with Gasteiger partial charge in [-0.2, -0.15) is 0 Å². The highest BCUT2D eigenvalue weighted by atomic mass is 32.1. The summed E-state index contributed by atoms with van der Waals surface area (Å²) >= 11 is 5.04. The molecule has 0 saturated heterocycles. The molecule has 0 bridgehead atoms. The number of amides is 2. The van der Waals surface area contributed by atoms with Crippen molar-refractivity contribution >= 4 is 29.1 Å². The molecule has 2 aromatic rings. The number of nitrogens with one attached hydrogen (secondary N) is 3. The molecule has 25 heavy (non-hydrogen) atoms. The summed E-state index contributed by atoms with van der Waals surface area (Å²) < 4.78 is 5.41. The van der Waals surface area contributed by atoms with Gasteiger partial charge < -0.3 is 4.74 Å². The summed E-state index contributed by atoms with van der Waals surface area (Å²) in [5.74, 6) is -0.301. The number of carbonyl (C=O) groups excluding carboxylic acids is 2. The van der Waals surface area contributed by atoms with Crippen LogP contribution in [0.1, 0.15) is 33.2 Å². The number of hydrazine groups is 1. The van der Waals surface area contributed by atoms with Crippen molar-refractivity contribution in [3.63, 3.8) is 0 Å². The van der Waals surface area contributed by atoms with E-state index in [9.17, 15) is 9.59 Å². The second-order valence-corrected chi connectivity index (χ2v) is 5.51. The van der Waals surface area contributed by atoms with Crippen LogP contribution >= 0.6 is 12.2 Å². The number of rotatable bonds is 4. The molecule has 3 N–H and O–H groups in total. The second-order valence-electron chi connectivity index (χ2n) is 5.11. The third-order valence-electron chi connectivity index (χ3n) is 3.34. The summed E-state index contributed by atoms with van der Waals surface area (Å²) in [5, 5.41) is 2.49. The first-order valence-corrected chi connectivity index (χ1v) is 8.13. The van der Waals surface area contributed by atoms with Crippen LogP contribution in [-0.4, -0.2) is 23.5 Å². The van der Waals surface area contributed by atoms with Gasteiger partial charge in [0, 0.05) is 5.56 Å². The van der Waals surface area contributed by atoms with Gasteiger partial charge in [0.1, 0.15) is 5.75 Å². The van der Waals surface area contributed by atoms with Gasteiger partial charge in [-0.3, -0.25) is 25.8 Å². The molecule has 0 spiro atoms. The number of hydrogen-bond donors (Lipinski definition) is 3. The van der Waals surface area contributed by atoms with Crippen LogP contribution in [0.5, 0.6) is 5.75 Å². The molecule has 0 saturated carbocycles. The maximum atomic E-state index is 12.3. The quantitative estimate of drug-likeness (QED) is 0.578. The van der Waals surface area contributed by atoms with Gasteiger partial charge in [0.2, 0.25) is 0 Å². The summed E-state index contributed by atoms with van der Waals surface area (Å²) in [6.07, 6.45) is 0. The van der Waals surface area contributed by atoms with E-state index in [4.69, 9.17) is 17.0 Å². The zero-order valence-electron chi connectivity index (χ0n) is 14.0. The van der Waals surface area contributed by atoms with E-state index in [1.165, 1.54) is 0 Å². The van der Waals surface area contributed by atoms with E-state index in [-0.39, 0.29) is 11.0 Å². The second kappa shape index (κ2) is 8.79. The minimum atomic E-state index is -0.424. The monoisotopic (exact) mass is 357 g/mol. The van der Waals surface area contributed by atoms with Crippen molar-refractivity contribution in [2.24, 2.45) is 0 Å². The number of benzene rings is 2. The van der Waals surface area contributed by atoms with Gasteiger partial charge in [-0.15, -0.1) is 0 Å². The van der Waals surface area contributed by atoms with Crippen LogP contribution in [0.4, 0.5) is 0 Å².